The van der Waals surface area contributed by atoms with Crippen molar-refractivity contribution in [3.8, 4) is 0 Å². The van der Waals surface area contributed by atoms with Gasteiger partial charge in [0.2, 0.25) is 0 Å². The van der Waals surface area contributed by atoms with Crippen LogP contribution in [-0.4, -0.2) is 81.7 Å². The number of rotatable bonds is 26. The summed E-state index contributed by atoms with van der Waals surface area (Å²) in [7, 11) is 7.95. The molecule has 0 fully saturated rings. The molecule has 0 spiro atoms. The zero-order valence-corrected chi connectivity index (χ0v) is 38.4. The zero-order valence-electron chi connectivity index (χ0n) is 38.4. The highest BCUT2D eigenvalue weighted by Gasteiger charge is 2.45. The van der Waals surface area contributed by atoms with Gasteiger partial charge in [0.15, 0.2) is 5.78 Å². The summed E-state index contributed by atoms with van der Waals surface area (Å²) < 4.78 is 26.5. The SMILES string of the molecule is CCC(CC)(CCOC(C)(CC)C(C)CC(C)OC(C)(CC)C(C)(CC)CCO[C@@](C)(CC)C(=O)c1ccc(N(C)C)cc1)OC(=O)c1ccc(N(C)C)cc1. The Balaban J connectivity index is 2.07. The zero-order chi connectivity index (χ0) is 42.5. The van der Waals surface area contributed by atoms with E-state index < -0.39 is 16.8 Å². The van der Waals surface area contributed by atoms with Gasteiger partial charge in [0, 0.05) is 58.2 Å². The summed E-state index contributed by atoms with van der Waals surface area (Å²) in [5.41, 5.74) is 0.882. The summed E-state index contributed by atoms with van der Waals surface area (Å²) in [5, 5.41) is 0. The van der Waals surface area contributed by atoms with Crippen molar-refractivity contribution in [2.24, 2.45) is 11.3 Å². The van der Waals surface area contributed by atoms with Gasteiger partial charge in [-0.3, -0.25) is 4.79 Å². The molecule has 0 radical (unpaired) electrons. The van der Waals surface area contributed by atoms with Gasteiger partial charge >= 0.3 is 5.97 Å². The van der Waals surface area contributed by atoms with Crippen LogP contribution in [-0.2, 0) is 18.9 Å². The van der Waals surface area contributed by atoms with Crippen molar-refractivity contribution in [2.45, 2.75) is 169 Å². The third-order valence-corrected chi connectivity index (χ3v) is 13.7. The van der Waals surface area contributed by atoms with E-state index in [1.807, 2.05) is 100 Å². The molecule has 6 atom stereocenters. The number of hydrogen-bond acceptors (Lipinski definition) is 8. The van der Waals surface area contributed by atoms with Gasteiger partial charge < -0.3 is 28.7 Å². The smallest absolute Gasteiger partial charge is 0.338 e. The van der Waals surface area contributed by atoms with Gasteiger partial charge in [0.1, 0.15) is 11.2 Å². The van der Waals surface area contributed by atoms with Gasteiger partial charge in [0.25, 0.3) is 0 Å². The quantitative estimate of drug-likeness (QED) is 0.0690. The average molecular weight is 781 g/mol. The van der Waals surface area contributed by atoms with Crippen molar-refractivity contribution in [1.82, 2.24) is 0 Å². The second-order valence-corrected chi connectivity index (χ2v) is 17.5. The topological polar surface area (TPSA) is 77.5 Å². The van der Waals surface area contributed by atoms with Crippen LogP contribution in [0.15, 0.2) is 48.5 Å². The number of esters is 1. The number of carbonyl (C=O) groups excluding carboxylic acids is 2. The Morgan fingerprint density at radius 2 is 1.12 bits per heavy atom. The lowest BCUT2D eigenvalue weighted by Crippen LogP contribution is -2.49. The maximum atomic E-state index is 13.7. The summed E-state index contributed by atoms with van der Waals surface area (Å²) in [6.45, 7) is 26.9. The van der Waals surface area contributed by atoms with Crippen LogP contribution < -0.4 is 9.80 Å². The maximum absolute atomic E-state index is 13.7. The lowest BCUT2D eigenvalue weighted by molar-refractivity contribution is -0.173. The number of hydrogen-bond donors (Lipinski definition) is 0. The number of ketones is 1. The molecule has 0 aliphatic carbocycles. The van der Waals surface area contributed by atoms with E-state index in [0.717, 1.165) is 43.5 Å². The number of Topliss-reactive ketones (excluding diaryl/α,β-unsaturated/α-hetero) is 1. The molecule has 0 heterocycles. The van der Waals surface area contributed by atoms with Crippen molar-refractivity contribution in [1.29, 1.82) is 0 Å². The third-order valence-electron chi connectivity index (χ3n) is 13.7. The van der Waals surface area contributed by atoms with E-state index in [2.05, 4.69) is 69.2 Å². The number of carbonyl (C=O) groups is 2. The maximum Gasteiger partial charge on any atom is 0.338 e. The Labute approximate surface area is 342 Å². The van der Waals surface area contributed by atoms with Gasteiger partial charge in [-0.05, 0) is 139 Å². The first kappa shape index (κ1) is 49.2. The molecule has 8 nitrogen and oxygen atoms in total. The molecule has 0 bridgehead atoms. The van der Waals surface area contributed by atoms with E-state index >= 15 is 0 Å². The molecular weight excluding hydrogens is 701 g/mol. The second kappa shape index (κ2) is 21.2. The van der Waals surface area contributed by atoms with Crippen LogP contribution in [0.3, 0.4) is 0 Å². The summed E-state index contributed by atoms with van der Waals surface area (Å²) in [5.74, 6) is -0.0534. The molecular formula is C48H80N2O6. The first-order valence-electron chi connectivity index (χ1n) is 21.5. The fraction of sp³-hybridized carbons (Fsp3) is 0.708. The monoisotopic (exact) mass is 781 g/mol. The lowest BCUT2D eigenvalue weighted by Gasteiger charge is -2.48. The predicted octanol–water partition coefficient (Wildman–Crippen LogP) is 11.6. The minimum atomic E-state index is -0.904. The predicted molar refractivity (Wildman–Crippen MR) is 235 cm³/mol. The van der Waals surface area contributed by atoms with Crippen molar-refractivity contribution in [2.75, 3.05) is 51.2 Å². The normalized spacial score (nSPS) is 17.4. The van der Waals surface area contributed by atoms with E-state index in [9.17, 15) is 9.59 Å². The number of anilines is 2. The summed E-state index contributed by atoms with van der Waals surface area (Å²) in [6.07, 6.45) is 6.90. The van der Waals surface area contributed by atoms with Gasteiger partial charge in [-0.15, -0.1) is 0 Å². The van der Waals surface area contributed by atoms with Crippen LogP contribution in [0.5, 0.6) is 0 Å². The molecule has 2 aromatic rings. The van der Waals surface area contributed by atoms with Gasteiger partial charge in [0.05, 0.1) is 29.5 Å². The second-order valence-electron chi connectivity index (χ2n) is 17.5. The minimum absolute atomic E-state index is 0.00551. The standard InChI is InChI=1S/C48H80N2O6/c1-17-44(9,31-33-54-46(11,19-3)42(51)38-23-27-40(28-24-38)49(13)14)47(12,20-4)55-37(8)35-36(7)45(10,18-2)53-34-32-48(21-5,22-6)56-43(52)39-25-29-41(30-26-39)50(15)16/h23-30,36-37H,17-22,31-35H2,1-16H3/t36?,37?,44?,45?,46-,47?/m0/s1. The Morgan fingerprint density at radius 3 is 1.55 bits per heavy atom. The van der Waals surface area contributed by atoms with Crippen molar-refractivity contribution < 1.29 is 28.5 Å². The van der Waals surface area contributed by atoms with Gasteiger partial charge in [-0.2, -0.15) is 0 Å². The summed E-state index contributed by atoms with van der Waals surface area (Å²) >= 11 is 0. The number of ether oxygens (including phenoxy) is 4. The molecule has 2 rings (SSSR count). The molecule has 318 valence electrons. The molecule has 0 aromatic heterocycles. The average Bonchev–Trinajstić information content (AvgIpc) is 3.19. The molecule has 0 saturated carbocycles. The first-order chi connectivity index (χ1) is 26.2. The highest BCUT2D eigenvalue weighted by Crippen LogP contribution is 2.45. The number of nitrogens with zero attached hydrogens (tertiary/aromatic N) is 2. The van der Waals surface area contributed by atoms with E-state index in [0.29, 0.717) is 50.0 Å². The lowest BCUT2D eigenvalue weighted by atomic mass is 9.68. The molecule has 8 heteroatoms. The Kier molecular flexibility index (Phi) is 18.6. The largest absolute Gasteiger partial charge is 0.455 e. The molecule has 0 aliphatic rings. The Morgan fingerprint density at radius 1 is 0.625 bits per heavy atom. The fourth-order valence-electron chi connectivity index (χ4n) is 7.77. The molecule has 0 aliphatic heterocycles. The third kappa shape index (κ3) is 12.3. The molecule has 5 unspecified atom stereocenters. The van der Waals surface area contributed by atoms with Gasteiger partial charge in [-0.1, -0.05) is 55.4 Å². The first-order valence-corrected chi connectivity index (χ1v) is 21.5. The van der Waals surface area contributed by atoms with Crippen LogP contribution in [0, 0.1) is 11.3 Å². The Hall–Kier alpha value is -2.94. The molecule has 0 saturated heterocycles. The van der Waals surface area contributed by atoms with E-state index in [4.69, 9.17) is 18.9 Å². The van der Waals surface area contributed by atoms with Crippen LogP contribution in [0.2, 0.25) is 0 Å². The van der Waals surface area contributed by atoms with Crippen LogP contribution in [0.4, 0.5) is 11.4 Å². The van der Waals surface area contributed by atoms with Crippen molar-refractivity contribution >= 4 is 23.1 Å². The Bertz CT molecular complexity index is 1490. The molecule has 0 amide bonds. The van der Waals surface area contributed by atoms with E-state index in [1.54, 1.807) is 0 Å². The highest BCUT2D eigenvalue weighted by atomic mass is 16.6. The summed E-state index contributed by atoms with van der Waals surface area (Å²) in [6, 6.07) is 15.3. The van der Waals surface area contributed by atoms with Gasteiger partial charge in [-0.25, -0.2) is 4.79 Å². The molecule has 0 N–H and O–H groups in total. The van der Waals surface area contributed by atoms with Crippen molar-refractivity contribution in [3.05, 3.63) is 59.7 Å². The van der Waals surface area contributed by atoms with E-state index in [-0.39, 0.29) is 34.8 Å². The van der Waals surface area contributed by atoms with Crippen LogP contribution in [0.25, 0.3) is 0 Å². The van der Waals surface area contributed by atoms with E-state index in [1.165, 1.54) is 0 Å². The number of benzene rings is 2. The summed E-state index contributed by atoms with van der Waals surface area (Å²) in [4.78, 5) is 31.0. The van der Waals surface area contributed by atoms with Crippen molar-refractivity contribution in [3.63, 3.8) is 0 Å². The minimum Gasteiger partial charge on any atom is -0.455 e. The fourth-order valence-corrected chi connectivity index (χ4v) is 7.77. The van der Waals surface area contributed by atoms with Crippen LogP contribution in [0.1, 0.15) is 162 Å². The highest BCUT2D eigenvalue weighted by molar-refractivity contribution is 6.02. The molecule has 56 heavy (non-hydrogen) atoms. The molecule has 2 aromatic carbocycles. The van der Waals surface area contributed by atoms with Crippen LogP contribution >= 0.6 is 0 Å².